The van der Waals surface area contributed by atoms with Gasteiger partial charge >= 0.3 is 5.97 Å². The highest BCUT2D eigenvalue weighted by Gasteiger charge is 2.21. The number of esters is 1. The summed E-state index contributed by atoms with van der Waals surface area (Å²) in [5, 5.41) is 0.430. The first-order valence-corrected chi connectivity index (χ1v) is 9.43. The molecule has 5 nitrogen and oxygen atoms in total. The minimum Gasteiger partial charge on any atom is -0.465 e. The molecule has 2 aromatic rings. The summed E-state index contributed by atoms with van der Waals surface area (Å²) in [5.74, 6) is -0.459. The van der Waals surface area contributed by atoms with Crippen molar-refractivity contribution in [2.45, 2.75) is 6.54 Å². The SMILES string of the molecule is COC(=O)c1ccc(CN(c2cccc(Cl)c2Cl)S(C)(=O)=O)cc1. The predicted octanol–water partition coefficient (Wildman–Crippen LogP) is 3.75. The molecule has 0 aliphatic heterocycles. The molecule has 0 heterocycles. The van der Waals surface area contributed by atoms with E-state index in [-0.39, 0.29) is 16.6 Å². The van der Waals surface area contributed by atoms with E-state index in [2.05, 4.69) is 4.74 Å². The highest BCUT2D eigenvalue weighted by atomic mass is 35.5. The quantitative estimate of drug-likeness (QED) is 0.732. The van der Waals surface area contributed by atoms with Gasteiger partial charge in [-0.05, 0) is 29.8 Å². The summed E-state index contributed by atoms with van der Waals surface area (Å²) in [6.07, 6.45) is 1.09. The van der Waals surface area contributed by atoms with E-state index in [4.69, 9.17) is 23.2 Å². The van der Waals surface area contributed by atoms with Crippen LogP contribution in [0.3, 0.4) is 0 Å². The van der Waals surface area contributed by atoms with Crippen molar-refractivity contribution in [1.82, 2.24) is 0 Å². The molecule has 0 aromatic heterocycles. The van der Waals surface area contributed by atoms with E-state index >= 15 is 0 Å². The molecule has 0 saturated carbocycles. The Kier molecular flexibility index (Phi) is 5.74. The second-order valence-electron chi connectivity index (χ2n) is 5.03. The number of carbonyl (C=O) groups excluding carboxylic acids is 1. The van der Waals surface area contributed by atoms with Crippen molar-refractivity contribution < 1.29 is 17.9 Å². The maximum Gasteiger partial charge on any atom is 0.337 e. The number of benzene rings is 2. The number of rotatable bonds is 5. The molecule has 2 aromatic carbocycles. The average molecular weight is 388 g/mol. The van der Waals surface area contributed by atoms with Crippen LogP contribution in [-0.2, 0) is 21.3 Å². The lowest BCUT2D eigenvalue weighted by Gasteiger charge is -2.24. The van der Waals surface area contributed by atoms with Gasteiger partial charge in [0.2, 0.25) is 10.0 Å². The number of nitrogens with zero attached hydrogens (tertiary/aromatic N) is 1. The highest BCUT2D eigenvalue weighted by molar-refractivity contribution is 7.92. The van der Waals surface area contributed by atoms with Crippen molar-refractivity contribution in [1.29, 1.82) is 0 Å². The third-order valence-corrected chi connectivity index (χ3v) is 5.24. The van der Waals surface area contributed by atoms with Gasteiger partial charge in [-0.15, -0.1) is 0 Å². The molecule has 0 fully saturated rings. The van der Waals surface area contributed by atoms with Gasteiger partial charge in [0.1, 0.15) is 0 Å². The van der Waals surface area contributed by atoms with Gasteiger partial charge in [0.05, 0.1) is 41.2 Å². The second kappa shape index (κ2) is 7.42. The zero-order valence-corrected chi connectivity index (χ0v) is 15.3. The lowest BCUT2D eigenvalue weighted by atomic mass is 10.1. The Morgan fingerprint density at radius 2 is 1.75 bits per heavy atom. The number of carbonyl (C=O) groups is 1. The lowest BCUT2D eigenvalue weighted by Crippen LogP contribution is -2.29. The zero-order chi connectivity index (χ0) is 17.9. The Balaban J connectivity index is 2.37. The third kappa shape index (κ3) is 4.20. The lowest BCUT2D eigenvalue weighted by molar-refractivity contribution is 0.0600. The summed E-state index contributed by atoms with van der Waals surface area (Å²) in [4.78, 5) is 11.4. The van der Waals surface area contributed by atoms with Crippen LogP contribution in [-0.4, -0.2) is 27.8 Å². The van der Waals surface area contributed by atoms with Crippen molar-refractivity contribution in [3.8, 4) is 0 Å². The van der Waals surface area contributed by atoms with E-state index in [9.17, 15) is 13.2 Å². The molecule has 2 rings (SSSR count). The number of ether oxygens (including phenoxy) is 1. The summed E-state index contributed by atoms with van der Waals surface area (Å²) in [5.41, 5.74) is 1.36. The van der Waals surface area contributed by atoms with Gasteiger partial charge in [0, 0.05) is 0 Å². The van der Waals surface area contributed by atoms with Crippen molar-refractivity contribution in [3.63, 3.8) is 0 Å². The summed E-state index contributed by atoms with van der Waals surface area (Å²) < 4.78 is 30.1. The summed E-state index contributed by atoms with van der Waals surface area (Å²) in [7, 11) is -2.29. The van der Waals surface area contributed by atoms with Gasteiger partial charge in [-0.1, -0.05) is 41.4 Å². The number of sulfonamides is 1. The number of methoxy groups -OCH3 is 1. The van der Waals surface area contributed by atoms with E-state index in [0.29, 0.717) is 16.8 Å². The maximum absolute atomic E-state index is 12.2. The fraction of sp³-hybridized carbons (Fsp3) is 0.188. The Morgan fingerprint density at radius 3 is 2.29 bits per heavy atom. The molecule has 0 bridgehead atoms. The molecule has 0 N–H and O–H groups in total. The first kappa shape index (κ1) is 18.6. The molecule has 0 saturated heterocycles. The molecule has 8 heteroatoms. The fourth-order valence-electron chi connectivity index (χ4n) is 2.10. The van der Waals surface area contributed by atoms with Crippen molar-refractivity contribution in [2.75, 3.05) is 17.7 Å². The molecule has 0 aliphatic carbocycles. The summed E-state index contributed by atoms with van der Waals surface area (Å²) in [6.45, 7) is 0.0559. The number of hydrogen-bond acceptors (Lipinski definition) is 4. The molecule has 0 amide bonds. The van der Waals surface area contributed by atoms with Crippen LogP contribution in [0.2, 0.25) is 10.0 Å². The van der Waals surface area contributed by atoms with Crippen LogP contribution in [0.1, 0.15) is 15.9 Å². The molecule has 0 unspecified atom stereocenters. The van der Waals surface area contributed by atoms with Gasteiger partial charge in [0.25, 0.3) is 0 Å². The van der Waals surface area contributed by atoms with Gasteiger partial charge in [0.15, 0.2) is 0 Å². The number of hydrogen-bond donors (Lipinski definition) is 0. The smallest absolute Gasteiger partial charge is 0.337 e. The van der Waals surface area contributed by atoms with E-state index in [1.165, 1.54) is 7.11 Å². The first-order chi connectivity index (χ1) is 11.2. The molecular formula is C16H15Cl2NO4S. The normalized spacial score (nSPS) is 11.2. The minimum absolute atomic E-state index is 0.0559. The Bertz CT molecular complexity index is 851. The van der Waals surface area contributed by atoms with Gasteiger partial charge < -0.3 is 4.74 Å². The molecule has 0 radical (unpaired) electrons. The number of anilines is 1. The van der Waals surface area contributed by atoms with E-state index < -0.39 is 16.0 Å². The van der Waals surface area contributed by atoms with Gasteiger partial charge in [-0.2, -0.15) is 0 Å². The fourth-order valence-corrected chi connectivity index (χ4v) is 3.44. The minimum atomic E-state index is -3.59. The first-order valence-electron chi connectivity index (χ1n) is 6.83. The molecule has 128 valence electrons. The van der Waals surface area contributed by atoms with E-state index in [1.807, 2.05) is 0 Å². The Labute approximate surface area is 150 Å². The van der Waals surface area contributed by atoms with Crippen LogP contribution in [0.4, 0.5) is 5.69 Å². The van der Waals surface area contributed by atoms with Gasteiger partial charge in [-0.3, -0.25) is 4.31 Å². The summed E-state index contributed by atoms with van der Waals surface area (Å²) >= 11 is 12.1. The van der Waals surface area contributed by atoms with Crippen LogP contribution in [0, 0.1) is 0 Å². The second-order valence-corrected chi connectivity index (χ2v) is 7.72. The van der Waals surface area contributed by atoms with Crippen LogP contribution < -0.4 is 4.31 Å². The van der Waals surface area contributed by atoms with E-state index in [0.717, 1.165) is 10.6 Å². The molecule has 0 aliphatic rings. The molecule has 0 spiro atoms. The number of halogens is 2. The van der Waals surface area contributed by atoms with Gasteiger partial charge in [-0.25, -0.2) is 13.2 Å². The van der Waals surface area contributed by atoms with Crippen LogP contribution >= 0.6 is 23.2 Å². The molecular weight excluding hydrogens is 373 g/mol. The summed E-state index contributed by atoms with van der Waals surface area (Å²) in [6, 6.07) is 11.2. The largest absolute Gasteiger partial charge is 0.465 e. The average Bonchev–Trinajstić information content (AvgIpc) is 2.54. The van der Waals surface area contributed by atoms with Crippen molar-refractivity contribution in [3.05, 3.63) is 63.6 Å². The standard InChI is InChI=1S/C16H15Cl2NO4S/c1-23-16(20)12-8-6-11(7-9-12)10-19(24(2,21)22)14-5-3-4-13(17)15(14)18/h3-9H,10H2,1-2H3. The third-order valence-electron chi connectivity index (χ3n) is 3.30. The Morgan fingerprint density at radius 1 is 1.12 bits per heavy atom. The topological polar surface area (TPSA) is 63.7 Å². The van der Waals surface area contributed by atoms with Crippen LogP contribution in [0.25, 0.3) is 0 Å². The Hall–Kier alpha value is -1.76. The van der Waals surface area contributed by atoms with Crippen molar-refractivity contribution >= 4 is 44.9 Å². The van der Waals surface area contributed by atoms with Crippen molar-refractivity contribution in [2.24, 2.45) is 0 Å². The zero-order valence-electron chi connectivity index (χ0n) is 13.0. The van der Waals surface area contributed by atoms with Crippen LogP contribution in [0.5, 0.6) is 0 Å². The van der Waals surface area contributed by atoms with E-state index in [1.54, 1.807) is 42.5 Å². The molecule has 0 atom stereocenters. The van der Waals surface area contributed by atoms with Crippen LogP contribution in [0.15, 0.2) is 42.5 Å². The maximum atomic E-state index is 12.2. The predicted molar refractivity (Wildman–Crippen MR) is 95.3 cm³/mol. The highest BCUT2D eigenvalue weighted by Crippen LogP contribution is 2.34. The monoisotopic (exact) mass is 387 g/mol. The molecule has 24 heavy (non-hydrogen) atoms.